The monoisotopic (exact) mass is 506 g/mol. The van der Waals surface area contributed by atoms with Gasteiger partial charge < -0.3 is 24.2 Å². The summed E-state index contributed by atoms with van der Waals surface area (Å²) >= 11 is 0. The molecule has 3 heterocycles. The number of hydrogen-bond acceptors (Lipinski definition) is 7. The van der Waals surface area contributed by atoms with E-state index in [2.05, 4.69) is 63.2 Å². The van der Waals surface area contributed by atoms with Crippen molar-refractivity contribution >= 4 is 11.6 Å². The summed E-state index contributed by atoms with van der Waals surface area (Å²) in [6, 6.07) is 16.3. The lowest BCUT2D eigenvalue weighted by molar-refractivity contribution is -0.130. The number of benzene rings is 2. The molecule has 2 saturated heterocycles. The van der Waals surface area contributed by atoms with Crippen molar-refractivity contribution in [3.05, 3.63) is 65.7 Å². The summed E-state index contributed by atoms with van der Waals surface area (Å²) in [5, 5.41) is 6.85. The van der Waals surface area contributed by atoms with E-state index in [1.807, 2.05) is 36.1 Å². The van der Waals surface area contributed by atoms with Gasteiger partial charge in [-0.2, -0.15) is 5.10 Å². The molecule has 2 aromatic carbocycles. The number of likely N-dealkylation sites (N-methyl/N-ethyl adjacent to an activating group) is 1. The Morgan fingerprint density at radius 3 is 2.35 bits per heavy atom. The number of aryl methyl sites for hydroxylation is 2. The second-order valence-corrected chi connectivity index (χ2v) is 9.66. The molecule has 0 radical (unpaired) electrons. The third-order valence-electron chi connectivity index (χ3n) is 6.68. The number of hydrogen-bond donors (Lipinski definition) is 1. The minimum Gasteiger partial charge on any atom is -0.493 e. The van der Waals surface area contributed by atoms with Crippen molar-refractivity contribution in [2.75, 3.05) is 58.3 Å². The van der Waals surface area contributed by atoms with E-state index in [1.165, 1.54) is 5.56 Å². The standard InChI is InChI=1S/C21H30N6O3.C7H8/c1-15-22-20(24-23-15)13-21(28)27-10-8-26(9-11-27)16-4-5-18(29-3)19(12-16)30-17-6-7-25(2)14-17;1-7-5-3-2-4-6-7/h4-5,12,17H,6-11,13-14H2,1-3H3,(H,22,23,24);2-6H,1H3. The van der Waals surface area contributed by atoms with Crippen molar-refractivity contribution in [2.24, 2.45) is 0 Å². The molecular weight excluding hydrogens is 468 g/mol. The lowest BCUT2D eigenvalue weighted by atomic mass is 10.2. The fourth-order valence-corrected chi connectivity index (χ4v) is 4.59. The SMILES string of the molecule is COc1ccc(N2CCN(C(=O)Cc3n[nH]c(C)n3)CC2)cc1OC1CCN(C)C1.Cc1ccccc1. The second-order valence-electron chi connectivity index (χ2n) is 9.66. The predicted octanol–water partition coefficient (Wildman–Crippen LogP) is 3.09. The van der Waals surface area contributed by atoms with Gasteiger partial charge in [0, 0.05) is 51.0 Å². The summed E-state index contributed by atoms with van der Waals surface area (Å²) in [5.41, 5.74) is 2.41. The van der Waals surface area contributed by atoms with Crippen LogP contribution in [0, 0.1) is 13.8 Å². The molecule has 0 saturated carbocycles. The maximum absolute atomic E-state index is 12.6. The molecule has 2 aliphatic rings. The highest BCUT2D eigenvalue weighted by Crippen LogP contribution is 2.34. The van der Waals surface area contributed by atoms with Gasteiger partial charge in [0.1, 0.15) is 11.9 Å². The minimum absolute atomic E-state index is 0.0674. The van der Waals surface area contributed by atoms with Crippen molar-refractivity contribution in [2.45, 2.75) is 32.8 Å². The Bertz CT molecular complexity index is 1140. The number of aromatic amines is 1. The van der Waals surface area contributed by atoms with Crippen molar-refractivity contribution in [3.8, 4) is 11.5 Å². The molecule has 3 aromatic rings. The average molecular weight is 507 g/mol. The number of ether oxygens (including phenoxy) is 2. The summed E-state index contributed by atoms with van der Waals surface area (Å²) in [5.74, 6) is 2.88. The number of aromatic nitrogens is 3. The average Bonchev–Trinajstić information content (AvgIpc) is 3.51. The van der Waals surface area contributed by atoms with E-state index in [9.17, 15) is 4.79 Å². The minimum atomic E-state index is 0.0674. The Hall–Kier alpha value is -3.59. The number of nitrogens with zero attached hydrogens (tertiary/aromatic N) is 5. The topological polar surface area (TPSA) is 86.8 Å². The fourth-order valence-electron chi connectivity index (χ4n) is 4.59. The maximum Gasteiger partial charge on any atom is 0.230 e. The summed E-state index contributed by atoms with van der Waals surface area (Å²) in [6.45, 7) is 8.80. The molecular formula is C28H38N6O3. The number of amides is 1. The van der Waals surface area contributed by atoms with Gasteiger partial charge in [-0.25, -0.2) is 4.98 Å². The first-order chi connectivity index (χ1) is 17.9. The summed E-state index contributed by atoms with van der Waals surface area (Å²) in [7, 11) is 3.78. The van der Waals surface area contributed by atoms with Crippen molar-refractivity contribution in [3.63, 3.8) is 0 Å². The quantitative estimate of drug-likeness (QED) is 0.550. The number of anilines is 1. The van der Waals surface area contributed by atoms with Crippen LogP contribution < -0.4 is 14.4 Å². The Kier molecular flexibility index (Phi) is 9.00. The number of methoxy groups -OCH3 is 1. The van der Waals surface area contributed by atoms with E-state index in [4.69, 9.17) is 9.47 Å². The van der Waals surface area contributed by atoms with Crippen molar-refractivity contribution in [1.82, 2.24) is 25.0 Å². The van der Waals surface area contributed by atoms with Crippen LogP contribution in [-0.4, -0.2) is 90.4 Å². The Morgan fingerprint density at radius 2 is 1.78 bits per heavy atom. The van der Waals surface area contributed by atoms with Crippen LogP contribution in [0.1, 0.15) is 23.6 Å². The number of H-pyrrole nitrogens is 1. The first-order valence-electron chi connectivity index (χ1n) is 12.9. The zero-order valence-electron chi connectivity index (χ0n) is 22.3. The Balaban J connectivity index is 0.000000396. The predicted molar refractivity (Wildman–Crippen MR) is 144 cm³/mol. The van der Waals surface area contributed by atoms with Gasteiger partial charge in [0.25, 0.3) is 0 Å². The van der Waals surface area contributed by atoms with Gasteiger partial charge in [0.15, 0.2) is 17.3 Å². The zero-order chi connectivity index (χ0) is 26.2. The highest BCUT2D eigenvalue weighted by atomic mass is 16.5. The van der Waals surface area contributed by atoms with Crippen LogP contribution in [0.2, 0.25) is 0 Å². The van der Waals surface area contributed by atoms with E-state index in [1.54, 1.807) is 7.11 Å². The van der Waals surface area contributed by atoms with Gasteiger partial charge in [-0.3, -0.25) is 9.89 Å². The molecule has 9 nitrogen and oxygen atoms in total. The maximum atomic E-state index is 12.6. The molecule has 1 amide bonds. The van der Waals surface area contributed by atoms with E-state index in [-0.39, 0.29) is 18.4 Å². The van der Waals surface area contributed by atoms with Gasteiger partial charge in [-0.05, 0) is 39.4 Å². The second kappa shape index (κ2) is 12.6. The van der Waals surface area contributed by atoms with Crippen LogP contribution in [0.5, 0.6) is 11.5 Å². The van der Waals surface area contributed by atoms with Crippen LogP contribution in [0.15, 0.2) is 48.5 Å². The number of carbonyl (C=O) groups excluding carboxylic acids is 1. The molecule has 0 aliphatic carbocycles. The largest absolute Gasteiger partial charge is 0.493 e. The zero-order valence-corrected chi connectivity index (χ0v) is 22.3. The molecule has 0 bridgehead atoms. The smallest absolute Gasteiger partial charge is 0.230 e. The lowest BCUT2D eigenvalue weighted by Crippen LogP contribution is -2.49. The molecule has 5 rings (SSSR count). The van der Waals surface area contributed by atoms with Crippen molar-refractivity contribution in [1.29, 1.82) is 0 Å². The van der Waals surface area contributed by atoms with Crippen molar-refractivity contribution < 1.29 is 14.3 Å². The number of piperazine rings is 1. The van der Waals surface area contributed by atoms with E-state index in [0.29, 0.717) is 18.9 Å². The van der Waals surface area contributed by atoms with Crippen LogP contribution in [0.3, 0.4) is 0 Å². The van der Waals surface area contributed by atoms with E-state index < -0.39 is 0 Å². The summed E-state index contributed by atoms with van der Waals surface area (Å²) in [4.78, 5) is 23.2. The third kappa shape index (κ3) is 7.45. The Labute approximate surface area is 219 Å². The van der Waals surface area contributed by atoms with E-state index >= 15 is 0 Å². The van der Waals surface area contributed by atoms with E-state index in [0.717, 1.165) is 55.6 Å². The highest BCUT2D eigenvalue weighted by molar-refractivity contribution is 5.78. The number of likely N-dealkylation sites (tertiary alicyclic amines) is 1. The summed E-state index contributed by atoms with van der Waals surface area (Å²) < 4.78 is 11.8. The Morgan fingerprint density at radius 1 is 1.03 bits per heavy atom. The fraction of sp³-hybridized carbons (Fsp3) is 0.464. The third-order valence-corrected chi connectivity index (χ3v) is 6.68. The molecule has 1 unspecified atom stereocenters. The normalized spacial score (nSPS) is 17.8. The van der Waals surface area contributed by atoms with Crippen LogP contribution in [0.25, 0.3) is 0 Å². The molecule has 1 N–H and O–H groups in total. The van der Waals surface area contributed by atoms with Gasteiger partial charge in [0.2, 0.25) is 5.91 Å². The van der Waals surface area contributed by atoms with Gasteiger partial charge in [-0.1, -0.05) is 35.9 Å². The van der Waals surface area contributed by atoms with Gasteiger partial charge in [-0.15, -0.1) is 0 Å². The molecule has 9 heteroatoms. The van der Waals surface area contributed by atoms with Gasteiger partial charge in [0.05, 0.1) is 13.5 Å². The molecule has 2 aliphatic heterocycles. The molecule has 198 valence electrons. The molecule has 37 heavy (non-hydrogen) atoms. The molecule has 1 atom stereocenters. The lowest BCUT2D eigenvalue weighted by Gasteiger charge is -2.36. The summed E-state index contributed by atoms with van der Waals surface area (Å²) in [6.07, 6.45) is 1.45. The highest BCUT2D eigenvalue weighted by Gasteiger charge is 2.25. The van der Waals surface area contributed by atoms with Crippen LogP contribution >= 0.6 is 0 Å². The van der Waals surface area contributed by atoms with Gasteiger partial charge >= 0.3 is 0 Å². The first-order valence-corrected chi connectivity index (χ1v) is 12.9. The molecule has 0 spiro atoms. The van der Waals surface area contributed by atoms with Crippen LogP contribution in [-0.2, 0) is 11.2 Å². The van der Waals surface area contributed by atoms with Crippen LogP contribution in [0.4, 0.5) is 5.69 Å². The molecule has 2 fully saturated rings. The number of nitrogens with one attached hydrogen (secondary N) is 1. The number of carbonyl (C=O) groups is 1. The first kappa shape index (κ1) is 26.5. The molecule has 1 aromatic heterocycles. The number of rotatable bonds is 6.